The maximum absolute atomic E-state index is 4.65. The van der Waals surface area contributed by atoms with Gasteiger partial charge < -0.3 is 4.90 Å². The molecular weight excluding hydrogens is 214 g/mol. The van der Waals surface area contributed by atoms with Crippen molar-refractivity contribution >= 4 is 11.5 Å². The second-order valence-corrected chi connectivity index (χ2v) is 4.48. The third-order valence-corrected chi connectivity index (χ3v) is 3.31. The van der Waals surface area contributed by atoms with Gasteiger partial charge in [0.15, 0.2) is 11.5 Å². The van der Waals surface area contributed by atoms with Gasteiger partial charge >= 0.3 is 0 Å². The molecule has 0 saturated carbocycles. The van der Waals surface area contributed by atoms with Gasteiger partial charge in [0.1, 0.15) is 5.82 Å². The molecule has 0 spiro atoms. The van der Waals surface area contributed by atoms with Crippen molar-refractivity contribution in [2.24, 2.45) is 0 Å². The number of aromatic nitrogens is 4. The zero-order valence-corrected chi connectivity index (χ0v) is 10.1. The Hall–Kier alpha value is -1.65. The largest absolute Gasteiger partial charge is 0.355 e. The molecule has 3 heterocycles. The summed E-state index contributed by atoms with van der Waals surface area (Å²) in [6.45, 7) is 4.30. The van der Waals surface area contributed by atoms with Crippen LogP contribution in [0.15, 0.2) is 12.1 Å². The van der Waals surface area contributed by atoms with Crippen molar-refractivity contribution in [2.45, 2.75) is 32.6 Å². The van der Waals surface area contributed by atoms with Gasteiger partial charge in [0, 0.05) is 19.5 Å². The lowest BCUT2D eigenvalue weighted by Crippen LogP contribution is -2.30. The zero-order valence-electron chi connectivity index (χ0n) is 10.1. The summed E-state index contributed by atoms with van der Waals surface area (Å²) in [5, 5.41) is 12.9. The Balaban J connectivity index is 1.99. The van der Waals surface area contributed by atoms with Gasteiger partial charge in [-0.3, -0.25) is 0 Å². The van der Waals surface area contributed by atoms with E-state index in [0.717, 1.165) is 36.8 Å². The molecule has 0 atom stereocenters. The highest BCUT2D eigenvalue weighted by molar-refractivity contribution is 5.45. The van der Waals surface area contributed by atoms with Gasteiger partial charge in [-0.15, -0.1) is 15.3 Å². The molecule has 0 amide bonds. The number of aryl methyl sites for hydroxylation is 1. The van der Waals surface area contributed by atoms with Crippen LogP contribution in [-0.4, -0.2) is 32.9 Å². The van der Waals surface area contributed by atoms with Crippen LogP contribution in [0.4, 0.5) is 5.82 Å². The van der Waals surface area contributed by atoms with E-state index in [1.54, 1.807) is 0 Å². The van der Waals surface area contributed by atoms with Gasteiger partial charge in [0.25, 0.3) is 0 Å². The zero-order chi connectivity index (χ0) is 11.7. The van der Waals surface area contributed by atoms with Crippen molar-refractivity contribution < 1.29 is 0 Å². The summed E-state index contributed by atoms with van der Waals surface area (Å²) in [5.74, 6) is 1.98. The molecule has 1 aliphatic heterocycles. The maximum atomic E-state index is 4.65. The third kappa shape index (κ3) is 1.85. The standard InChI is InChI=1S/C12H17N5/c1-2-10-13-14-11-6-7-12(15-17(10)11)16-8-4-3-5-9-16/h6-7H,2-5,8-9H2,1H3. The second-order valence-electron chi connectivity index (χ2n) is 4.48. The number of nitrogens with zero attached hydrogens (tertiary/aromatic N) is 5. The smallest absolute Gasteiger partial charge is 0.178 e. The van der Waals surface area contributed by atoms with E-state index < -0.39 is 0 Å². The van der Waals surface area contributed by atoms with Crippen LogP contribution in [-0.2, 0) is 6.42 Å². The highest BCUT2D eigenvalue weighted by Crippen LogP contribution is 2.17. The summed E-state index contributed by atoms with van der Waals surface area (Å²) < 4.78 is 1.87. The van der Waals surface area contributed by atoms with Crippen LogP contribution < -0.4 is 4.90 Å². The van der Waals surface area contributed by atoms with Crippen LogP contribution in [0.5, 0.6) is 0 Å². The first-order valence-corrected chi connectivity index (χ1v) is 6.35. The molecule has 2 aromatic heterocycles. The molecule has 1 aliphatic rings. The Morgan fingerprint density at radius 2 is 1.94 bits per heavy atom. The fourth-order valence-corrected chi connectivity index (χ4v) is 2.34. The fourth-order valence-electron chi connectivity index (χ4n) is 2.34. The molecular formula is C12H17N5. The quantitative estimate of drug-likeness (QED) is 0.789. The predicted octanol–water partition coefficient (Wildman–Crippen LogP) is 1.68. The van der Waals surface area contributed by atoms with E-state index in [-0.39, 0.29) is 0 Å². The lowest BCUT2D eigenvalue weighted by Gasteiger charge is -2.27. The molecule has 1 saturated heterocycles. The molecule has 0 aromatic carbocycles. The Bertz CT molecular complexity index is 513. The minimum atomic E-state index is 0.836. The van der Waals surface area contributed by atoms with Gasteiger partial charge in [-0.05, 0) is 31.4 Å². The monoisotopic (exact) mass is 231 g/mol. The average molecular weight is 231 g/mol. The van der Waals surface area contributed by atoms with E-state index in [2.05, 4.69) is 33.2 Å². The molecule has 1 fully saturated rings. The van der Waals surface area contributed by atoms with E-state index in [1.807, 2.05) is 10.6 Å². The topological polar surface area (TPSA) is 46.3 Å². The SMILES string of the molecule is CCc1nnc2ccc(N3CCCCC3)nn12. The van der Waals surface area contributed by atoms with Gasteiger partial charge in [-0.25, -0.2) is 0 Å². The summed E-state index contributed by atoms with van der Waals surface area (Å²) in [5.41, 5.74) is 0.836. The van der Waals surface area contributed by atoms with E-state index in [4.69, 9.17) is 0 Å². The van der Waals surface area contributed by atoms with Crippen LogP contribution in [0, 0.1) is 0 Å². The summed E-state index contributed by atoms with van der Waals surface area (Å²) in [6.07, 6.45) is 4.73. The van der Waals surface area contributed by atoms with Crippen LogP contribution in [0.1, 0.15) is 32.0 Å². The fraction of sp³-hybridized carbons (Fsp3) is 0.583. The maximum Gasteiger partial charge on any atom is 0.178 e. The molecule has 0 unspecified atom stereocenters. The number of rotatable bonds is 2. The molecule has 3 rings (SSSR count). The summed E-state index contributed by atoms with van der Waals surface area (Å²) in [7, 11) is 0. The average Bonchev–Trinajstić information content (AvgIpc) is 2.81. The van der Waals surface area contributed by atoms with E-state index in [9.17, 15) is 0 Å². The van der Waals surface area contributed by atoms with Crippen molar-refractivity contribution in [3.05, 3.63) is 18.0 Å². The van der Waals surface area contributed by atoms with E-state index in [0.29, 0.717) is 0 Å². The number of hydrogen-bond acceptors (Lipinski definition) is 4. The molecule has 0 bridgehead atoms. The molecule has 2 aromatic rings. The summed E-state index contributed by atoms with van der Waals surface area (Å²) in [6, 6.07) is 4.05. The molecule has 0 N–H and O–H groups in total. The van der Waals surface area contributed by atoms with E-state index in [1.165, 1.54) is 19.3 Å². The van der Waals surface area contributed by atoms with Crippen LogP contribution >= 0.6 is 0 Å². The molecule has 90 valence electrons. The minimum absolute atomic E-state index is 0.836. The molecule has 0 aliphatic carbocycles. The Morgan fingerprint density at radius 1 is 1.12 bits per heavy atom. The van der Waals surface area contributed by atoms with Crippen molar-refractivity contribution in [2.75, 3.05) is 18.0 Å². The predicted molar refractivity (Wildman–Crippen MR) is 66.2 cm³/mol. The number of piperidine rings is 1. The van der Waals surface area contributed by atoms with Crippen LogP contribution in [0.25, 0.3) is 5.65 Å². The minimum Gasteiger partial charge on any atom is -0.355 e. The summed E-state index contributed by atoms with van der Waals surface area (Å²) in [4.78, 5) is 2.35. The molecule has 5 nitrogen and oxygen atoms in total. The Kier molecular flexibility index (Phi) is 2.66. The molecule has 17 heavy (non-hydrogen) atoms. The third-order valence-electron chi connectivity index (χ3n) is 3.31. The van der Waals surface area contributed by atoms with Crippen molar-refractivity contribution in [1.29, 1.82) is 0 Å². The Labute approximate surface area is 100 Å². The van der Waals surface area contributed by atoms with Crippen LogP contribution in [0.3, 0.4) is 0 Å². The van der Waals surface area contributed by atoms with Gasteiger partial charge in [0.2, 0.25) is 0 Å². The highest BCUT2D eigenvalue weighted by Gasteiger charge is 2.13. The second kappa shape index (κ2) is 4.31. The molecule has 5 heteroatoms. The highest BCUT2D eigenvalue weighted by atomic mass is 15.4. The van der Waals surface area contributed by atoms with Crippen LogP contribution in [0.2, 0.25) is 0 Å². The van der Waals surface area contributed by atoms with Gasteiger partial charge in [-0.2, -0.15) is 4.52 Å². The van der Waals surface area contributed by atoms with Crippen molar-refractivity contribution in [3.63, 3.8) is 0 Å². The van der Waals surface area contributed by atoms with Crippen molar-refractivity contribution in [1.82, 2.24) is 19.8 Å². The normalized spacial score (nSPS) is 16.6. The first kappa shape index (κ1) is 10.5. The lowest BCUT2D eigenvalue weighted by molar-refractivity contribution is 0.569. The van der Waals surface area contributed by atoms with Gasteiger partial charge in [0.05, 0.1) is 0 Å². The number of anilines is 1. The summed E-state index contributed by atoms with van der Waals surface area (Å²) >= 11 is 0. The lowest BCUT2D eigenvalue weighted by atomic mass is 10.1. The van der Waals surface area contributed by atoms with Crippen molar-refractivity contribution in [3.8, 4) is 0 Å². The number of fused-ring (bicyclic) bond motifs is 1. The number of hydrogen-bond donors (Lipinski definition) is 0. The Morgan fingerprint density at radius 3 is 2.71 bits per heavy atom. The van der Waals surface area contributed by atoms with Gasteiger partial charge in [-0.1, -0.05) is 6.92 Å². The first-order chi connectivity index (χ1) is 8.38. The molecule has 0 radical (unpaired) electrons. The van der Waals surface area contributed by atoms with E-state index >= 15 is 0 Å². The first-order valence-electron chi connectivity index (χ1n) is 6.35.